The van der Waals surface area contributed by atoms with Crippen molar-refractivity contribution in [1.82, 2.24) is 5.32 Å². The van der Waals surface area contributed by atoms with E-state index in [1.54, 1.807) is 12.1 Å². The van der Waals surface area contributed by atoms with Crippen molar-refractivity contribution in [3.05, 3.63) is 52.5 Å². The third-order valence-corrected chi connectivity index (χ3v) is 6.77. The highest BCUT2D eigenvalue weighted by atomic mass is 35.5. The zero-order valence-corrected chi connectivity index (χ0v) is 17.7. The van der Waals surface area contributed by atoms with Crippen molar-refractivity contribution in [3.8, 4) is 0 Å². The molecule has 0 saturated carbocycles. The van der Waals surface area contributed by atoms with Crippen LogP contribution < -0.4 is 5.32 Å². The van der Waals surface area contributed by atoms with Crippen LogP contribution in [0.5, 0.6) is 0 Å². The molecule has 9 heteroatoms. The molecule has 3 rings (SSSR count). The van der Waals surface area contributed by atoms with Crippen LogP contribution in [0.15, 0.2) is 46.8 Å². The van der Waals surface area contributed by atoms with E-state index in [0.29, 0.717) is 15.8 Å². The number of aliphatic hydroxyl groups excluding tert-OH is 1. The fourth-order valence-electron chi connectivity index (χ4n) is 3.39. The van der Waals surface area contributed by atoms with Gasteiger partial charge in [-0.15, -0.1) is 11.8 Å². The number of thioether (sulfide) groups is 1. The second kappa shape index (κ2) is 10.7. The van der Waals surface area contributed by atoms with E-state index in [4.69, 9.17) is 16.3 Å². The monoisotopic (exact) mass is 461 g/mol. The molecule has 4 nitrogen and oxygen atoms in total. The molecule has 3 atom stereocenters. The number of rotatable bonds is 7. The van der Waals surface area contributed by atoms with Gasteiger partial charge in [-0.3, -0.25) is 4.79 Å². The Kier molecular flexibility index (Phi) is 8.27. The van der Waals surface area contributed by atoms with E-state index in [1.165, 1.54) is 17.8 Å². The van der Waals surface area contributed by atoms with Crippen LogP contribution in [0, 0.1) is 5.92 Å². The highest BCUT2D eigenvalue weighted by Crippen LogP contribution is 2.35. The second-order valence-corrected chi connectivity index (χ2v) is 9.06. The molecule has 1 amide bonds. The highest BCUT2D eigenvalue weighted by Gasteiger charge is 2.28. The Hall–Kier alpha value is -1.48. The van der Waals surface area contributed by atoms with E-state index in [9.17, 15) is 23.1 Å². The summed E-state index contributed by atoms with van der Waals surface area (Å²) in [5.74, 6) is -1.41. The van der Waals surface area contributed by atoms with Crippen LogP contribution in [-0.2, 0) is 4.74 Å². The van der Waals surface area contributed by atoms with Crippen LogP contribution in [0.1, 0.15) is 29.6 Å². The van der Waals surface area contributed by atoms with Gasteiger partial charge in [0.1, 0.15) is 5.83 Å². The Morgan fingerprint density at radius 3 is 2.73 bits per heavy atom. The maximum absolute atomic E-state index is 13.5. The summed E-state index contributed by atoms with van der Waals surface area (Å²) in [5.41, 5.74) is 0.0907. The Balaban J connectivity index is 1.68. The Bertz CT molecular complexity index is 830. The number of alkyl halides is 2. The zero-order chi connectivity index (χ0) is 21.7. The van der Waals surface area contributed by atoms with E-state index >= 15 is 0 Å². The van der Waals surface area contributed by atoms with Crippen molar-refractivity contribution in [1.29, 1.82) is 0 Å². The standard InChI is InChI=1S/C21H23ClF3NO3S/c22-16-2-1-13(21(28)26-14-9-17(23)20(25)18(24)10-14)8-19(16)30-15(11-27)7-12-3-5-29-6-4-12/h1-2,8-10,12,15,17,20,27H,3-7,11H2,(H,26,28). The average Bonchev–Trinajstić information content (AvgIpc) is 2.73. The minimum atomic E-state index is -2.35. The molecule has 0 aromatic heterocycles. The maximum Gasteiger partial charge on any atom is 0.255 e. The third-order valence-electron chi connectivity index (χ3n) is 5.06. The Morgan fingerprint density at radius 1 is 1.33 bits per heavy atom. The molecule has 0 radical (unpaired) electrons. The van der Waals surface area contributed by atoms with Gasteiger partial charge in [-0.25, -0.2) is 13.2 Å². The number of nitrogens with one attached hydrogen (secondary N) is 1. The lowest BCUT2D eigenvalue weighted by atomic mass is 9.95. The summed E-state index contributed by atoms with van der Waals surface area (Å²) < 4.78 is 45.5. The lowest BCUT2D eigenvalue weighted by Crippen LogP contribution is -2.28. The van der Waals surface area contributed by atoms with Gasteiger partial charge in [-0.1, -0.05) is 11.6 Å². The molecule has 164 valence electrons. The number of halogens is 4. The topological polar surface area (TPSA) is 58.6 Å². The van der Waals surface area contributed by atoms with Crippen LogP contribution in [0.2, 0.25) is 5.02 Å². The van der Waals surface area contributed by atoms with Crippen molar-refractivity contribution in [2.45, 2.75) is 41.8 Å². The smallest absolute Gasteiger partial charge is 0.255 e. The Labute approximate surface area is 182 Å². The molecule has 1 fully saturated rings. The molecular weight excluding hydrogens is 439 g/mol. The summed E-state index contributed by atoms with van der Waals surface area (Å²) >= 11 is 7.66. The number of amides is 1. The van der Waals surface area contributed by atoms with Crippen LogP contribution in [0.25, 0.3) is 0 Å². The number of carbonyl (C=O) groups is 1. The van der Waals surface area contributed by atoms with E-state index in [1.807, 2.05) is 0 Å². The summed E-state index contributed by atoms with van der Waals surface area (Å²) in [5, 5.41) is 12.5. The normalized spacial score (nSPS) is 23.5. The SMILES string of the molecule is O=C(NC1=CC(F)C(F)C(F)=C1)c1ccc(Cl)c(SC(CO)CC2CCOCC2)c1. The van der Waals surface area contributed by atoms with Crippen LogP contribution in [0.4, 0.5) is 13.2 Å². The average molecular weight is 462 g/mol. The maximum atomic E-state index is 13.5. The van der Waals surface area contributed by atoms with Gasteiger partial charge in [0.05, 0.1) is 11.6 Å². The van der Waals surface area contributed by atoms with Gasteiger partial charge in [0.25, 0.3) is 5.91 Å². The number of hydrogen-bond acceptors (Lipinski definition) is 4. The largest absolute Gasteiger partial charge is 0.395 e. The molecule has 1 heterocycles. The summed E-state index contributed by atoms with van der Waals surface area (Å²) in [7, 11) is 0. The lowest BCUT2D eigenvalue weighted by Gasteiger charge is -2.25. The molecule has 2 aliphatic rings. The minimum absolute atomic E-state index is 0.0337. The molecular formula is C21H23ClF3NO3S. The molecule has 30 heavy (non-hydrogen) atoms. The van der Waals surface area contributed by atoms with Gasteiger partial charge in [-0.05, 0) is 55.5 Å². The number of benzene rings is 1. The van der Waals surface area contributed by atoms with Crippen molar-refractivity contribution >= 4 is 29.3 Å². The molecule has 2 N–H and O–H groups in total. The quantitative estimate of drug-likeness (QED) is 0.574. The fraction of sp³-hybridized carbons (Fsp3) is 0.476. The summed E-state index contributed by atoms with van der Waals surface area (Å²) in [4.78, 5) is 13.1. The first-order chi connectivity index (χ1) is 14.4. The van der Waals surface area contributed by atoms with E-state index < -0.39 is 24.1 Å². The van der Waals surface area contributed by atoms with Crippen molar-refractivity contribution in [2.24, 2.45) is 5.92 Å². The molecule has 1 aromatic rings. The van der Waals surface area contributed by atoms with Crippen LogP contribution >= 0.6 is 23.4 Å². The van der Waals surface area contributed by atoms with Crippen molar-refractivity contribution < 1.29 is 27.8 Å². The molecule has 1 aliphatic carbocycles. The van der Waals surface area contributed by atoms with Gasteiger partial charge >= 0.3 is 0 Å². The molecule has 3 unspecified atom stereocenters. The van der Waals surface area contributed by atoms with E-state index in [-0.39, 0.29) is 23.1 Å². The molecule has 1 saturated heterocycles. The number of aliphatic hydroxyl groups is 1. The number of allylic oxidation sites excluding steroid dienone is 3. The predicted molar refractivity (Wildman–Crippen MR) is 111 cm³/mol. The summed E-state index contributed by atoms with van der Waals surface area (Å²) in [6.45, 7) is 1.41. The van der Waals surface area contributed by atoms with Gasteiger partial charge in [0, 0.05) is 34.6 Å². The molecule has 1 aromatic carbocycles. The molecule has 0 bridgehead atoms. The Morgan fingerprint density at radius 2 is 2.07 bits per heavy atom. The minimum Gasteiger partial charge on any atom is -0.395 e. The van der Waals surface area contributed by atoms with Crippen LogP contribution in [0.3, 0.4) is 0 Å². The first-order valence-electron chi connectivity index (χ1n) is 9.70. The van der Waals surface area contributed by atoms with Gasteiger partial charge in [-0.2, -0.15) is 0 Å². The fourth-order valence-corrected chi connectivity index (χ4v) is 4.82. The van der Waals surface area contributed by atoms with Crippen molar-refractivity contribution in [2.75, 3.05) is 19.8 Å². The first-order valence-corrected chi connectivity index (χ1v) is 11.0. The number of ether oxygens (including phenoxy) is 1. The van der Waals surface area contributed by atoms with Gasteiger partial charge < -0.3 is 15.2 Å². The lowest BCUT2D eigenvalue weighted by molar-refractivity contribution is 0.0623. The predicted octanol–water partition coefficient (Wildman–Crippen LogP) is 4.77. The van der Waals surface area contributed by atoms with E-state index in [2.05, 4.69) is 5.32 Å². The highest BCUT2D eigenvalue weighted by molar-refractivity contribution is 8.00. The second-order valence-electron chi connectivity index (χ2n) is 7.31. The first kappa shape index (κ1) is 23.2. The number of carbonyl (C=O) groups excluding carboxylic acids is 1. The van der Waals surface area contributed by atoms with Crippen LogP contribution in [-0.4, -0.2) is 48.4 Å². The van der Waals surface area contributed by atoms with Crippen molar-refractivity contribution in [3.63, 3.8) is 0 Å². The number of hydrogen-bond donors (Lipinski definition) is 2. The third kappa shape index (κ3) is 6.03. The molecule has 0 spiro atoms. The zero-order valence-electron chi connectivity index (χ0n) is 16.1. The van der Waals surface area contributed by atoms with Gasteiger partial charge in [0.15, 0.2) is 12.3 Å². The summed E-state index contributed by atoms with van der Waals surface area (Å²) in [6, 6.07) is 4.62. The molecule has 1 aliphatic heterocycles. The van der Waals surface area contributed by atoms with Gasteiger partial charge in [0.2, 0.25) is 0 Å². The summed E-state index contributed by atoms with van der Waals surface area (Å²) in [6.07, 6.45) is -0.222. The van der Waals surface area contributed by atoms with E-state index in [0.717, 1.165) is 44.6 Å².